The summed E-state index contributed by atoms with van der Waals surface area (Å²) in [6.45, 7) is 4.73. The first-order valence-corrected chi connectivity index (χ1v) is 10.8. The maximum absolute atomic E-state index is 9.85. The summed E-state index contributed by atoms with van der Waals surface area (Å²) in [6.07, 6.45) is -0.914. The first-order chi connectivity index (χ1) is 15.9. The van der Waals surface area contributed by atoms with Gasteiger partial charge in [0.25, 0.3) is 0 Å². The second-order valence-electron chi connectivity index (χ2n) is 8.42. The summed E-state index contributed by atoms with van der Waals surface area (Å²) < 4.78 is 31.4. The molecule has 1 aromatic heterocycles. The Bertz CT molecular complexity index is 950. The SMILES string of the molecule is CC1(C)O[C@H]2O[C@H](COCc3ccccc3)[C@H](OCc3cn(CC(O)CN=[N+]=[N-])nn3)[C@H]2O1. The molecule has 2 fully saturated rings. The maximum Gasteiger partial charge on any atom is 0.190 e. The number of rotatable bonds is 11. The van der Waals surface area contributed by atoms with Crippen molar-refractivity contribution >= 4 is 0 Å². The van der Waals surface area contributed by atoms with Crippen LogP contribution in [-0.4, -0.2) is 69.7 Å². The summed E-state index contributed by atoms with van der Waals surface area (Å²) in [6, 6.07) is 9.89. The Morgan fingerprint density at radius 1 is 1.27 bits per heavy atom. The third kappa shape index (κ3) is 6.27. The Labute approximate surface area is 191 Å². The number of aliphatic hydroxyl groups excluding tert-OH is 1. The number of benzene rings is 1. The van der Waals surface area contributed by atoms with Gasteiger partial charge in [-0.15, -0.1) is 5.10 Å². The molecule has 0 bridgehead atoms. The third-order valence-corrected chi connectivity index (χ3v) is 5.24. The van der Waals surface area contributed by atoms with Gasteiger partial charge in [0.15, 0.2) is 12.1 Å². The molecule has 3 heterocycles. The summed E-state index contributed by atoms with van der Waals surface area (Å²) in [4.78, 5) is 2.63. The molecule has 12 heteroatoms. The van der Waals surface area contributed by atoms with Gasteiger partial charge in [0.2, 0.25) is 0 Å². The van der Waals surface area contributed by atoms with Crippen LogP contribution in [0.5, 0.6) is 0 Å². The van der Waals surface area contributed by atoms with Crippen molar-refractivity contribution in [1.29, 1.82) is 0 Å². The van der Waals surface area contributed by atoms with Gasteiger partial charge in [0, 0.05) is 4.91 Å². The molecule has 0 radical (unpaired) electrons. The van der Waals surface area contributed by atoms with E-state index in [1.54, 1.807) is 6.20 Å². The molecule has 178 valence electrons. The van der Waals surface area contributed by atoms with E-state index < -0.39 is 30.4 Å². The number of aliphatic hydroxyl groups is 1. The van der Waals surface area contributed by atoms with E-state index in [2.05, 4.69) is 20.3 Å². The molecule has 2 aliphatic heterocycles. The second-order valence-corrected chi connectivity index (χ2v) is 8.42. The highest BCUT2D eigenvalue weighted by Gasteiger charge is 2.55. The van der Waals surface area contributed by atoms with E-state index in [1.807, 2.05) is 44.2 Å². The van der Waals surface area contributed by atoms with Crippen molar-refractivity contribution in [2.75, 3.05) is 13.2 Å². The van der Waals surface area contributed by atoms with E-state index in [9.17, 15) is 5.11 Å². The molecule has 0 aliphatic carbocycles. The Kier molecular flexibility index (Phi) is 7.56. The molecule has 12 nitrogen and oxygen atoms in total. The molecular weight excluding hydrogens is 432 g/mol. The van der Waals surface area contributed by atoms with Crippen LogP contribution in [0.25, 0.3) is 10.4 Å². The van der Waals surface area contributed by atoms with Gasteiger partial charge >= 0.3 is 0 Å². The minimum atomic E-state index is -0.849. The normalized spacial score (nSPS) is 26.6. The highest BCUT2D eigenvalue weighted by Crippen LogP contribution is 2.39. The minimum Gasteiger partial charge on any atom is -0.391 e. The van der Waals surface area contributed by atoms with Crippen molar-refractivity contribution in [1.82, 2.24) is 15.0 Å². The Morgan fingerprint density at radius 3 is 2.88 bits per heavy atom. The van der Waals surface area contributed by atoms with E-state index >= 15 is 0 Å². The van der Waals surface area contributed by atoms with Crippen LogP contribution in [-0.2, 0) is 43.4 Å². The Hall–Kier alpha value is -2.57. The Morgan fingerprint density at radius 2 is 2.09 bits per heavy atom. The maximum atomic E-state index is 9.85. The molecule has 4 rings (SSSR count). The van der Waals surface area contributed by atoms with Gasteiger partial charge in [-0.2, -0.15) is 0 Å². The van der Waals surface area contributed by atoms with Crippen molar-refractivity contribution in [3.05, 3.63) is 58.2 Å². The number of nitrogens with zero attached hydrogens (tertiary/aromatic N) is 6. The Balaban J connectivity index is 1.34. The van der Waals surface area contributed by atoms with Gasteiger partial charge in [-0.05, 0) is 24.9 Å². The zero-order valence-electron chi connectivity index (χ0n) is 18.6. The zero-order valence-corrected chi connectivity index (χ0v) is 18.6. The molecule has 1 N–H and O–H groups in total. The number of hydrogen-bond donors (Lipinski definition) is 1. The van der Waals surface area contributed by atoms with E-state index in [0.29, 0.717) is 18.9 Å². The number of ether oxygens (including phenoxy) is 5. The molecule has 33 heavy (non-hydrogen) atoms. The number of fused-ring (bicyclic) bond motifs is 1. The first kappa shape index (κ1) is 23.6. The molecule has 1 aromatic carbocycles. The first-order valence-electron chi connectivity index (χ1n) is 10.8. The average Bonchev–Trinajstić information content (AvgIpc) is 3.44. The molecule has 5 atom stereocenters. The summed E-state index contributed by atoms with van der Waals surface area (Å²) in [5.41, 5.74) is 10.00. The van der Waals surface area contributed by atoms with Crippen LogP contribution in [0, 0.1) is 0 Å². The van der Waals surface area contributed by atoms with Crippen molar-refractivity contribution in [3.8, 4) is 0 Å². The van der Waals surface area contributed by atoms with E-state index in [-0.39, 0.29) is 25.8 Å². The lowest BCUT2D eigenvalue weighted by Gasteiger charge is -2.25. The standard InChI is InChI=1S/C21H28N6O6/c1-21(2)32-19-18(30-12-15-9-27(26-24-15)10-16(28)8-23-25-22)17(31-20(19)33-21)13-29-11-14-6-4-3-5-7-14/h3-7,9,16-20,28H,8,10-13H2,1-2H3/t16?,17-,18+,19-,20-/m1/s1. The summed E-state index contributed by atoms with van der Waals surface area (Å²) >= 11 is 0. The third-order valence-electron chi connectivity index (χ3n) is 5.24. The number of azide groups is 1. The number of hydrogen-bond acceptors (Lipinski definition) is 9. The number of aromatic nitrogens is 3. The van der Waals surface area contributed by atoms with Gasteiger partial charge in [0.05, 0.1) is 45.2 Å². The lowest BCUT2D eigenvalue weighted by molar-refractivity contribution is -0.225. The molecular formula is C21H28N6O6. The highest BCUT2D eigenvalue weighted by atomic mass is 16.8. The molecule has 1 unspecified atom stereocenters. The van der Waals surface area contributed by atoms with Gasteiger partial charge in [-0.3, -0.25) is 0 Å². The highest BCUT2D eigenvalue weighted by molar-refractivity contribution is 5.13. The van der Waals surface area contributed by atoms with Crippen LogP contribution in [0.3, 0.4) is 0 Å². The topological polar surface area (TPSA) is 146 Å². The molecule has 2 aliphatic rings. The van der Waals surface area contributed by atoms with Crippen LogP contribution < -0.4 is 0 Å². The van der Waals surface area contributed by atoms with Crippen molar-refractivity contribution < 1.29 is 28.8 Å². The van der Waals surface area contributed by atoms with Crippen LogP contribution >= 0.6 is 0 Å². The largest absolute Gasteiger partial charge is 0.391 e. The van der Waals surface area contributed by atoms with Gasteiger partial charge in [0.1, 0.15) is 24.0 Å². The summed E-state index contributed by atoms with van der Waals surface area (Å²) in [5, 5.41) is 21.3. The smallest absolute Gasteiger partial charge is 0.190 e. The second kappa shape index (κ2) is 10.6. The monoisotopic (exact) mass is 460 g/mol. The van der Waals surface area contributed by atoms with Gasteiger partial charge in [-0.25, -0.2) is 4.68 Å². The van der Waals surface area contributed by atoms with Crippen molar-refractivity contribution in [3.63, 3.8) is 0 Å². The fourth-order valence-electron chi connectivity index (χ4n) is 3.83. The molecule has 2 aromatic rings. The van der Waals surface area contributed by atoms with Crippen LogP contribution in [0.1, 0.15) is 25.1 Å². The summed E-state index contributed by atoms with van der Waals surface area (Å²) in [5.74, 6) is -0.766. The van der Waals surface area contributed by atoms with Crippen LogP contribution in [0.2, 0.25) is 0 Å². The predicted octanol–water partition coefficient (Wildman–Crippen LogP) is 1.93. The quantitative estimate of drug-likeness (QED) is 0.304. The molecule has 0 saturated carbocycles. The van der Waals surface area contributed by atoms with E-state index in [4.69, 9.17) is 29.2 Å². The lowest BCUT2D eigenvalue weighted by atomic mass is 10.1. The average molecular weight is 460 g/mol. The molecule has 0 spiro atoms. The van der Waals surface area contributed by atoms with Crippen LogP contribution in [0.4, 0.5) is 0 Å². The minimum absolute atomic E-state index is 0.0392. The van der Waals surface area contributed by atoms with E-state index in [1.165, 1.54) is 4.68 Å². The predicted molar refractivity (Wildman–Crippen MR) is 113 cm³/mol. The lowest BCUT2D eigenvalue weighted by Crippen LogP contribution is -2.38. The van der Waals surface area contributed by atoms with Crippen LogP contribution in [0.15, 0.2) is 41.6 Å². The van der Waals surface area contributed by atoms with Gasteiger partial charge in [-0.1, -0.05) is 40.7 Å². The van der Waals surface area contributed by atoms with Crippen molar-refractivity contribution in [2.45, 2.75) is 70.1 Å². The fourth-order valence-corrected chi connectivity index (χ4v) is 3.83. The fraction of sp³-hybridized carbons (Fsp3) is 0.619. The van der Waals surface area contributed by atoms with E-state index in [0.717, 1.165) is 5.56 Å². The summed E-state index contributed by atoms with van der Waals surface area (Å²) in [7, 11) is 0. The zero-order chi connectivity index (χ0) is 23.3. The molecule has 0 amide bonds. The molecule has 2 saturated heterocycles. The van der Waals surface area contributed by atoms with Crippen molar-refractivity contribution in [2.24, 2.45) is 5.11 Å². The van der Waals surface area contributed by atoms with Gasteiger partial charge < -0.3 is 28.8 Å².